The van der Waals surface area contributed by atoms with Gasteiger partial charge in [0.25, 0.3) is 5.91 Å². The number of hydrogen-bond donors (Lipinski definition) is 2. The SMILES string of the molecule is NS(=O)(=O)c1cc(C(=O)NCC2CCOC2)c(Cl)cc1F. The molecule has 1 aliphatic heterocycles. The molecule has 1 saturated heterocycles. The van der Waals surface area contributed by atoms with Crippen LogP contribution in [0.5, 0.6) is 0 Å². The Hall–Kier alpha value is -1.22. The predicted molar refractivity (Wildman–Crippen MR) is 74.0 cm³/mol. The summed E-state index contributed by atoms with van der Waals surface area (Å²) in [7, 11) is -4.27. The summed E-state index contributed by atoms with van der Waals surface area (Å²) in [5, 5.41) is 7.33. The second kappa shape index (κ2) is 6.27. The number of hydrogen-bond acceptors (Lipinski definition) is 4. The Labute approximate surface area is 126 Å². The summed E-state index contributed by atoms with van der Waals surface area (Å²) in [6, 6.07) is 1.60. The van der Waals surface area contributed by atoms with Crippen molar-refractivity contribution in [3.05, 3.63) is 28.5 Å². The first-order chi connectivity index (χ1) is 9.79. The zero-order valence-corrected chi connectivity index (χ0v) is 12.5. The number of halogens is 2. The van der Waals surface area contributed by atoms with Gasteiger partial charge < -0.3 is 10.1 Å². The summed E-state index contributed by atoms with van der Waals surface area (Å²) in [5.41, 5.74) is -0.138. The maximum Gasteiger partial charge on any atom is 0.252 e. The van der Waals surface area contributed by atoms with E-state index in [0.29, 0.717) is 19.8 Å². The van der Waals surface area contributed by atoms with Crippen molar-refractivity contribution in [3.8, 4) is 0 Å². The highest BCUT2D eigenvalue weighted by Gasteiger charge is 2.22. The minimum absolute atomic E-state index is 0.138. The third-order valence-electron chi connectivity index (χ3n) is 3.15. The molecular formula is C12H14ClFN2O4S. The monoisotopic (exact) mass is 336 g/mol. The molecule has 0 saturated carbocycles. The molecule has 2 rings (SSSR count). The molecule has 1 aromatic carbocycles. The molecule has 21 heavy (non-hydrogen) atoms. The summed E-state index contributed by atoms with van der Waals surface area (Å²) in [5.74, 6) is -1.48. The Morgan fingerprint density at radius 2 is 2.24 bits per heavy atom. The van der Waals surface area contributed by atoms with Crippen LogP contribution in [-0.2, 0) is 14.8 Å². The second-order valence-electron chi connectivity index (χ2n) is 4.75. The van der Waals surface area contributed by atoms with Gasteiger partial charge in [-0.25, -0.2) is 17.9 Å². The second-order valence-corrected chi connectivity index (χ2v) is 6.68. The number of benzene rings is 1. The summed E-state index contributed by atoms with van der Waals surface area (Å²) >= 11 is 5.78. The molecule has 1 aromatic rings. The average Bonchev–Trinajstić information content (AvgIpc) is 2.87. The van der Waals surface area contributed by atoms with E-state index in [9.17, 15) is 17.6 Å². The fraction of sp³-hybridized carbons (Fsp3) is 0.417. The van der Waals surface area contributed by atoms with E-state index in [2.05, 4.69) is 5.32 Å². The summed E-state index contributed by atoms with van der Waals surface area (Å²) in [6.45, 7) is 1.57. The molecule has 0 bridgehead atoms. The normalized spacial score (nSPS) is 18.7. The third-order valence-corrected chi connectivity index (χ3v) is 4.39. The van der Waals surface area contributed by atoms with Crippen LogP contribution in [0.4, 0.5) is 4.39 Å². The summed E-state index contributed by atoms with van der Waals surface area (Å²) < 4.78 is 41.2. The fourth-order valence-electron chi connectivity index (χ4n) is 2.00. The Kier molecular flexibility index (Phi) is 4.82. The zero-order chi connectivity index (χ0) is 15.6. The smallest absolute Gasteiger partial charge is 0.252 e. The van der Waals surface area contributed by atoms with Crippen molar-refractivity contribution in [1.29, 1.82) is 0 Å². The molecule has 1 amide bonds. The number of rotatable bonds is 4. The number of carbonyl (C=O) groups is 1. The predicted octanol–water partition coefficient (Wildman–Crippen LogP) is 0.893. The van der Waals surface area contributed by atoms with Gasteiger partial charge in [0.05, 0.1) is 17.2 Å². The van der Waals surface area contributed by atoms with Crippen molar-refractivity contribution in [3.63, 3.8) is 0 Å². The first kappa shape index (κ1) is 16.2. The van der Waals surface area contributed by atoms with Crippen molar-refractivity contribution >= 4 is 27.5 Å². The van der Waals surface area contributed by atoms with E-state index in [0.717, 1.165) is 18.6 Å². The molecule has 9 heteroatoms. The standard InChI is InChI=1S/C12H14ClFN2O4S/c13-9-4-10(14)11(21(15,18)19)3-8(9)12(17)16-5-7-1-2-20-6-7/h3-4,7H,1-2,5-6H2,(H,16,17)(H2,15,18,19). The number of nitrogens with one attached hydrogen (secondary N) is 1. The molecular weight excluding hydrogens is 323 g/mol. The minimum Gasteiger partial charge on any atom is -0.381 e. The first-order valence-electron chi connectivity index (χ1n) is 6.17. The number of primary sulfonamides is 1. The van der Waals surface area contributed by atoms with E-state index in [1.54, 1.807) is 0 Å². The summed E-state index contributed by atoms with van der Waals surface area (Å²) in [6.07, 6.45) is 0.833. The Balaban J connectivity index is 2.20. The molecule has 116 valence electrons. The third kappa shape index (κ3) is 3.91. The van der Waals surface area contributed by atoms with Gasteiger partial charge in [-0.05, 0) is 18.6 Å². The Bertz CT molecular complexity index is 659. The van der Waals surface area contributed by atoms with E-state index in [-0.39, 0.29) is 16.5 Å². The van der Waals surface area contributed by atoms with Gasteiger partial charge in [0, 0.05) is 19.1 Å². The van der Waals surface area contributed by atoms with E-state index < -0.39 is 26.6 Å². The lowest BCUT2D eigenvalue weighted by molar-refractivity contribution is 0.0945. The van der Waals surface area contributed by atoms with Crippen molar-refractivity contribution in [2.75, 3.05) is 19.8 Å². The molecule has 0 aliphatic carbocycles. The first-order valence-corrected chi connectivity index (χ1v) is 8.09. The average molecular weight is 337 g/mol. The lowest BCUT2D eigenvalue weighted by Gasteiger charge is -2.11. The Morgan fingerprint density at radius 3 is 2.81 bits per heavy atom. The highest BCUT2D eigenvalue weighted by molar-refractivity contribution is 7.89. The van der Waals surface area contributed by atoms with Gasteiger partial charge in [0.1, 0.15) is 10.7 Å². The van der Waals surface area contributed by atoms with Crippen LogP contribution in [0.25, 0.3) is 0 Å². The van der Waals surface area contributed by atoms with Crippen LogP contribution in [-0.4, -0.2) is 34.1 Å². The number of nitrogens with two attached hydrogens (primary N) is 1. The van der Waals surface area contributed by atoms with Gasteiger partial charge in [0.2, 0.25) is 10.0 Å². The lowest BCUT2D eigenvalue weighted by atomic mass is 10.1. The highest BCUT2D eigenvalue weighted by atomic mass is 35.5. The molecule has 1 fully saturated rings. The minimum atomic E-state index is -4.27. The topological polar surface area (TPSA) is 98.5 Å². The highest BCUT2D eigenvalue weighted by Crippen LogP contribution is 2.23. The quantitative estimate of drug-likeness (QED) is 0.853. The number of amides is 1. The number of ether oxygens (including phenoxy) is 1. The van der Waals surface area contributed by atoms with Gasteiger partial charge >= 0.3 is 0 Å². The molecule has 0 radical (unpaired) electrons. The van der Waals surface area contributed by atoms with Crippen LogP contribution in [0.3, 0.4) is 0 Å². The van der Waals surface area contributed by atoms with Crippen molar-refractivity contribution in [1.82, 2.24) is 5.32 Å². The van der Waals surface area contributed by atoms with Crippen molar-refractivity contribution in [2.24, 2.45) is 11.1 Å². The maximum atomic E-state index is 13.5. The van der Waals surface area contributed by atoms with Crippen molar-refractivity contribution in [2.45, 2.75) is 11.3 Å². The van der Waals surface area contributed by atoms with Crippen LogP contribution in [0.15, 0.2) is 17.0 Å². The van der Waals surface area contributed by atoms with Gasteiger partial charge in [-0.1, -0.05) is 11.6 Å². The van der Waals surface area contributed by atoms with Crippen LogP contribution < -0.4 is 10.5 Å². The van der Waals surface area contributed by atoms with Crippen molar-refractivity contribution < 1.29 is 22.3 Å². The lowest BCUT2D eigenvalue weighted by Crippen LogP contribution is -2.30. The van der Waals surface area contributed by atoms with Gasteiger partial charge in [-0.15, -0.1) is 0 Å². The molecule has 1 unspecified atom stereocenters. The number of carbonyl (C=O) groups excluding carboxylic acids is 1. The molecule has 3 N–H and O–H groups in total. The van der Waals surface area contributed by atoms with Crippen LogP contribution in [0, 0.1) is 11.7 Å². The van der Waals surface area contributed by atoms with E-state index >= 15 is 0 Å². The van der Waals surface area contributed by atoms with E-state index in [1.165, 1.54) is 0 Å². The maximum absolute atomic E-state index is 13.5. The van der Waals surface area contributed by atoms with Crippen LogP contribution in [0.2, 0.25) is 5.02 Å². The molecule has 6 nitrogen and oxygen atoms in total. The Morgan fingerprint density at radius 1 is 1.52 bits per heavy atom. The molecule has 0 aromatic heterocycles. The zero-order valence-electron chi connectivity index (χ0n) is 10.9. The molecule has 1 heterocycles. The van der Waals surface area contributed by atoms with Gasteiger partial charge in [-0.3, -0.25) is 4.79 Å². The van der Waals surface area contributed by atoms with Crippen LogP contribution >= 0.6 is 11.6 Å². The van der Waals surface area contributed by atoms with E-state index in [4.69, 9.17) is 21.5 Å². The largest absolute Gasteiger partial charge is 0.381 e. The van der Waals surface area contributed by atoms with E-state index in [1.807, 2.05) is 0 Å². The molecule has 1 atom stereocenters. The van der Waals surface area contributed by atoms with Gasteiger partial charge in [0.15, 0.2) is 0 Å². The molecule has 0 spiro atoms. The molecule has 1 aliphatic rings. The summed E-state index contributed by atoms with van der Waals surface area (Å²) in [4.78, 5) is 11.3. The fourth-order valence-corrected chi connectivity index (χ4v) is 2.85. The number of sulfonamides is 1. The van der Waals surface area contributed by atoms with Crippen LogP contribution in [0.1, 0.15) is 16.8 Å². The van der Waals surface area contributed by atoms with Gasteiger partial charge in [-0.2, -0.15) is 0 Å².